The summed E-state index contributed by atoms with van der Waals surface area (Å²) in [5.41, 5.74) is 0. The molecule has 1 aromatic carbocycles. The predicted molar refractivity (Wildman–Crippen MR) is 60.7 cm³/mol. The molecule has 1 aromatic rings. The summed E-state index contributed by atoms with van der Waals surface area (Å²) < 4.78 is 0. The molecule has 0 aliphatic carbocycles. The second-order valence-corrected chi connectivity index (χ2v) is 2.40. The van der Waals surface area contributed by atoms with Gasteiger partial charge in [0.15, 0.2) is 0 Å². The first-order valence-electron chi connectivity index (χ1n) is 4.82. The highest BCUT2D eigenvalue weighted by atomic mass is 14.8. The number of benzene rings is 1. The smallest absolute Gasteiger partial charge is 0.0113 e. The first kappa shape index (κ1) is 11.8. The maximum atomic E-state index is 3.90. The number of rotatable bonds is 2. The fourth-order valence-electron chi connectivity index (χ4n) is 0.887. The Kier molecular flexibility index (Phi) is 6.70. The number of hydrogen-bond acceptors (Lipinski definition) is 1. The van der Waals surface area contributed by atoms with Crippen molar-refractivity contribution in [3.8, 4) is 0 Å². The van der Waals surface area contributed by atoms with Gasteiger partial charge in [0.25, 0.3) is 0 Å². The van der Waals surface area contributed by atoms with Crippen molar-refractivity contribution in [1.82, 2.24) is 5.32 Å². The fraction of sp³-hybridized carbons (Fsp3) is 0.333. The van der Waals surface area contributed by atoms with Gasteiger partial charge in [-0.25, -0.2) is 0 Å². The van der Waals surface area contributed by atoms with E-state index in [1.165, 1.54) is 0 Å². The summed E-state index contributed by atoms with van der Waals surface area (Å²) in [6.07, 6.45) is 1.99. The lowest BCUT2D eigenvalue weighted by molar-refractivity contribution is 0.963. The van der Waals surface area contributed by atoms with Crippen LogP contribution < -0.4 is 15.8 Å². The van der Waals surface area contributed by atoms with Crippen LogP contribution in [0.3, 0.4) is 0 Å². The number of hydrogen-bond donors (Lipinski definition) is 1. The molecule has 1 rings (SSSR count). The van der Waals surface area contributed by atoms with Crippen LogP contribution >= 0.6 is 0 Å². The van der Waals surface area contributed by atoms with Gasteiger partial charge in [-0.1, -0.05) is 44.7 Å². The van der Waals surface area contributed by atoms with Crippen molar-refractivity contribution in [3.05, 3.63) is 34.7 Å². The van der Waals surface area contributed by atoms with Gasteiger partial charge in [0.05, 0.1) is 0 Å². The minimum atomic E-state index is 0.953. The van der Waals surface area contributed by atoms with Crippen molar-refractivity contribution >= 4 is 12.8 Å². The van der Waals surface area contributed by atoms with E-state index in [-0.39, 0.29) is 0 Å². The van der Waals surface area contributed by atoms with E-state index in [1.54, 1.807) is 0 Å². The molecule has 0 saturated carbocycles. The summed E-state index contributed by atoms with van der Waals surface area (Å²) in [7, 11) is 0. The maximum absolute atomic E-state index is 3.90. The minimum Gasteiger partial charge on any atom is -0.391 e. The summed E-state index contributed by atoms with van der Waals surface area (Å²) in [6, 6.07) is 8.05. The molecule has 0 aliphatic rings. The lowest BCUT2D eigenvalue weighted by Gasteiger charge is -1.91. The standard InChI is InChI=1S/C10H13N.C2H6/c1-3-11-8-10-7-5-4-6-9(10)2;1-2/h4-8,11H,2-3H2,1H3;1-2H3/b10-8-;. The summed E-state index contributed by atoms with van der Waals surface area (Å²) in [5, 5.41) is 5.37. The van der Waals surface area contributed by atoms with E-state index in [4.69, 9.17) is 0 Å². The highest BCUT2D eigenvalue weighted by Crippen LogP contribution is 1.68. The zero-order chi connectivity index (χ0) is 10.1. The zero-order valence-electron chi connectivity index (χ0n) is 8.80. The van der Waals surface area contributed by atoms with Gasteiger partial charge in [-0.3, -0.25) is 0 Å². The molecule has 1 nitrogen and oxygen atoms in total. The third-order valence-corrected chi connectivity index (χ3v) is 1.52. The van der Waals surface area contributed by atoms with Crippen molar-refractivity contribution in [1.29, 1.82) is 0 Å². The van der Waals surface area contributed by atoms with E-state index in [0.717, 1.165) is 17.0 Å². The second kappa shape index (κ2) is 7.41. The number of nitrogens with one attached hydrogen (secondary N) is 1. The Labute approximate surface area is 80.8 Å². The molecule has 0 aromatic heterocycles. The highest BCUT2D eigenvalue weighted by molar-refractivity contribution is 5.24. The van der Waals surface area contributed by atoms with Crippen molar-refractivity contribution in [2.24, 2.45) is 0 Å². The topological polar surface area (TPSA) is 12.0 Å². The van der Waals surface area contributed by atoms with E-state index >= 15 is 0 Å². The third kappa shape index (κ3) is 4.36. The Bertz CT molecular complexity index is 314. The van der Waals surface area contributed by atoms with Gasteiger partial charge in [0, 0.05) is 12.7 Å². The molecular weight excluding hydrogens is 158 g/mol. The Balaban J connectivity index is 0.000000671. The van der Waals surface area contributed by atoms with Crippen LogP contribution in [0.25, 0.3) is 12.8 Å². The van der Waals surface area contributed by atoms with E-state index in [2.05, 4.69) is 18.8 Å². The van der Waals surface area contributed by atoms with Crippen LogP contribution in [0.2, 0.25) is 0 Å². The van der Waals surface area contributed by atoms with Gasteiger partial charge in [0.2, 0.25) is 0 Å². The van der Waals surface area contributed by atoms with Crippen LogP contribution in [-0.4, -0.2) is 6.54 Å². The average Bonchev–Trinajstić information content (AvgIpc) is 2.20. The molecule has 0 heterocycles. The maximum Gasteiger partial charge on any atom is 0.0113 e. The molecule has 0 spiro atoms. The molecule has 0 aliphatic heterocycles. The SMILES string of the molecule is C=c1cccc/c1=C/NCC.CC. The summed E-state index contributed by atoms with van der Waals surface area (Å²) in [6.45, 7) is 10.9. The van der Waals surface area contributed by atoms with E-state index in [9.17, 15) is 0 Å². The lowest BCUT2D eigenvalue weighted by atomic mass is 10.2. The molecule has 0 amide bonds. The van der Waals surface area contributed by atoms with E-state index in [0.29, 0.717) is 0 Å². The van der Waals surface area contributed by atoms with Gasteiger partial charge in [-0.15, -0.1) is 0 Å². The zero-order valence-corrected chi connectivity index (χ0v) is 8.80. The Hall–Kier alpha value is -1.24. The molecular formula is C12H19N. The summed E-state index contributed by atoms with van der Waals surface area (Å²) >= 11 is 0. The fourth-order valence-corrected chi connectivity index (χ4v) is 0.887. The minimum absolute atomic E-state index is 0.953. The highest BCUT2D eigenvalue weighted by Gasteiger charge is 1.77. The van der Waals surface area contributed by atoms with Crippen molar-refractivity contribution in [2.75, 3.05) is 6.54 Å². The third-order valence-electron chi connectivity index (χ3n) is 1.52. The molecule has 1 N–H and O–H groups in total. The van der Waals surface area contributed by atoms with Crippen LogP contribution in [0, 0.1) is 0 Å². The molecule has 0 bridgehead atoms. The Morgan fingerprint density at radius 1 is 1.31 bits per heavy atom. The van der Waals surface area contributed by atoms with Crippen LogP contribution in [0.1, 0.15) is 20.8 Å². The first-order chi connectivity index (χ1) is 6.34. The lowest BCUT2D eigenvalue weighted by Crippen LogP contribution is -2.25. The Morgan fingerprint density at radius 2 is 1.92 bits per heavy atom. The van der Waals surface area contributed by atoms with Crippen LogP contribution in [0.5, 0.6) is 0 Å². The molecule has 0 radical (unpaired) electrons. The van der Waals surface area contributed by atoms with Gasteiger partial charge in [0.1, 0.15) is 0 Å². The molecule has 0 fully saturated rings. The molecule has 0 atom stereocenters. The normalized spacial score (nSPS) is 10.2. The van der Waals surface area contributed by atoms with Crippen molar-refractivity contribution in [2.45, 2.75) is 20.8 Å². The van der Waals surface area contributed by atoms with Crippen molar-refractivity contribution < 1.29 is 0 Å². The summed E-state index contributed by atoms with van der Waals surface area (Å²) in [4.78, 5) is 0. The van der Waals surface area contributed by atoms with Gasteiger partial charge in [-0.05, 0) is 17.4 Å². The van der Waals surface area contributed by atoms with Gasteiger partial charge in [-0.2, -0.15) is 0 Å². The van der Waals surface area contributed by atoms with Crippen LogP contribution in [-0.2, 0) is 0 Å². The van der Waals surface area contributed by atoms with Gasteiger partial charge >= 0.3 is 0 Å². The van der Waals surface area contributed by atoms with E-state index in [1.807, 2.05) is 44.3 Å². The Morgan fingerprint density at radius 3 is 2.46 bits per heavy atom. The molecule has 1 heteroatoms. The molecule has 13 heavy (non-hydrogen) atoms. The largest absolute Gasteiger partial charge is 0.391 e. The quantitative estimate of drug-likeness (QED) is 0.721. The molecule has 72 valence electrons. The second-order valence-electron chi connectivity index (χ2n) is 2.40. The monoisotopic (exact) mass is 177 g/mol. The van der Waals surface area contributed by atoms with Gasteiger partial charge < -0.3 is 5.32 Å². The van der Waals surface area contributed by atoms with Crippen molar-refractivity contribution in [3.63, 3.8) is 0 Å². The van der Waals surface area contributed by atoms with E-state index < -0.39 is 0 Å². The predicted octanol–water partition coefficient (Wildman–Crippen LogP) is 1.47. The average molecular weight is 177 g/mol. The molecule has 0 saturated heterocycles. The first-order valence-corrected chi connectivity index (χ1v) is 4.82. The van der Waals surface area contributed by atoms with Crippen LogP contribution in [0.4, 0.5) is 0 Å². The van der Waals surface area contributed by atoms with Crippen LogP contribution in [0.15, 0.2) is 24.3 Å². The molecule has 0 unspecified atom stereocenters. The summed E-state index contributed by atoms with van der Waals surface area (Å²) in [5.74, 6) is 0.